The molecule has 0 fully saturated rings. The van der Waals surface area contributed by atoms with E-state index in [2.05, 4.69) is 9.97 Å². The molecule has 8 nitrogen and oxygen atoms in total. The molecule has 0 radical (unpaired) electrons. The number of amides is 1. The monoisotopic (exact) mass is 298 g/mol. The number of pyridine rings is 1. The van der Waals surface area contributed by atoms with Crippen LogP contribution in [0, 0.1) is 6.92 Å². The molecule has 3 heterocycles. The van der Waals surface area contributed by atoms with Crippen LogP contribution in [0.4, 0.5) is 5.82 Å². The van der Waals surface area contributed by atoms with Crippen molar-refractivity contribution in [2.24, 2.45) is 12.8 Å². The lowest BCUT2D eigenvalue weighted by atomic mass is 10.2. The second kappa shape index (κ2) is 4.69. The number of nitrogen functional groups attached to an aromatic ring is 1. The summed E-state index contributed by atoms with van der Waals surface area (Å²) in [6.45, 7) is 1.72. The zero-order valence-electron chi connectivity index (χ0n) is 12.1. The third-order valence-electron chi connectivity index (χ3n) is 3.50. The fourth-order valence-electron chi connectivity index (χ4n) is 2.44. The van der Waals surface area contributed by atoms with E-state index in [1.807, 2.05) is 0 Å². The average Bonchev–Trinajstić information content (AvgIpc) is 2.73. The van der Waals surface area contributed by atoms with Gasteiger partial charge in [-0.2, -0.15) is 0 Å². The Balaban J connectivity index is 2.51. The Kier molecular flexibility index (Phi) is 2.94. The summed E-state index contributed by atoms with van der Waals surface area (Å²) in [4.78, 5) is 32.0. The summed E-state index contributed by atoms with van der Waals surface area (Å²) in [7, 11) is 1.61. The van der Waals surface area contributed by atoms with Crippen LogP contribution in [0.2, 0.25) is 0 Å². The number of fused-ring (bicyclic) bond motifs is 1. The highest BCUT2D eigenvalue weighted by molar-refractivity contribution is 6.10. The molecular weight excluding hydrogens is 284 g/mol. The summed E-state index contributed by atoms with van der Waals surface area (Å²) in [5.74, 6) is 0.460. The lowest BCUT2D eigenvalue weighted by molar-refractivity contribution is 0.100. The molecule has 3 aromatic heterocycles. The van der Waals surface area contributed by atoms with Gasteiger partial charge in [0.05, 0.1) is 10.9 Å². The molecule has 0 saturated carbocycles. The maximum Gasteiger partial charge on any atom is 0.253 e. The molecule has 0 spiro atoms. The van der Waals surface area contributed by atoms with Crippen molar-refractivity contribution in [2.75, 3.05) is 5.73 Å². The number of carbonyl (C=O) groups is 1. The highest BCUT2D eigenvalue weighted by Crippen LogP contribution is 2.29. The number of aryl methyl sites for hydroxylation is 1. The largest absolute Gasteiger partial charge is 0.384 e. The second-order valence-electron chi connectivity index (χ2n) is 4.90. The normalized spacial score (nSPS) is 11.0. The van der Waals surface area contributed by atoms with Crippen molar-refractivity contribution in [2.45, 2.75) is 6.92 Å². The minimum Gasteiger partial charge on any atom is -0.384 e. The van der Waals surface area contributed by atoms with Gasteiger partial charge in [-0.1, -0.05) is 6.07 Å². The van der Waals surface area contributed by atoms with Gasteiger partial charge in [0, 0.05) is 19.3 Å². The van der Waals surface area contributed by atoms with E-state index in [1.54, 1.807) is 26.1 Å². The van der Waals surface area contributed by atoms with Crippen molar-refractivity contribution in [1.29, 1.82) is 0 Å². The van der Waals surface area contributed by atoms with Gasteiger partial charge in [0.1, 0.15) is 17.5 Å². The van der Waals surface area contributed by atoms with Crippen LogP contribution in [0.25, 0.3) is 16.9 Å². The first-order valence-electron chi connectivity index (χ1n) is 6.51. The quantitative estimate of drug-likeness (QED) is 0.695. The molecule has 0 saturated heterocycles. The van der Waals surface area contributed by atoms with Crippen LogP contribution in [-0.2, 0) is 7.05 Å². The van der Waals surface area contributed by atoms with Crippen LogP contribution in [-0.4, -0.2) is 25.0 Å². The van der Waals surface area contributed by atoms with E-state index in [1.165, 1.54) is 21.4 Å². The Morgan fingerprint density at radius 2 is 2.05 bits per heavy atom. The van der Waals surface area contributed by atoms with Crippen LogP contribution in [0.3, 0.4) is 0 Å². The molecule has 3 aromatic rings. The molecule has 0 aliphatic rings. The lowest BCUT2D eigenvalue weighted by Gasteiger charge is -2.11. The van der Waals surface area contributed by atoms with Gasteiger partial charge >= 0.3 is 0 Å². The van der Waals surface area contributed by atoms with Crippen molar-refractivity contribution < 1.29 is 4.79 Å². The zero-order chi connectivity index (χ0) is 16.0. The molecule has 3 rings (SSSR count). The number of nitrogens with two attached hydrogens (primary N) is 2. The number of nitrogens with zero attached hydrogens (tertiary/aromatic N) is 4. The topological polar surface area (TPSA) is 122 Å². The molecule has 0 aromatic carbocycles. The maximum atomic E-state index is 11.9. The van der Waals surface area contributed by atoms with E-state index in [0.717, 1.165) is 0 Å². The number of rotatable bonds is 2. The van der Waals surface area contributed by atoms with Gasteiger partial charge in [0.2, 0.25) is 0 Å². The molecule has 112 valence electrons. The summed E-state index contributed by atoms with van der Waals surface area (Å²) in [6, 6.07) is 4.75. The predicted molar refractivity (Wildman–Crippen MR) is 81.8 cm³/mol. The smallest absolute Gasteiger partial charge is 0.253 e. The highest BCUT2D eigenvalue weighted by Gasteiger charge is 2.22. The van der Waals surface area contributed by atoms with Crippen molar-refractivity contribution >= 4 is 22.8 Å². The minimum atomic E-state index is -0.672. The minimum absolute atomic E-state index is 0.128. The van der Waals surface area contributed by atoms with Crippen LogP contribution in [0.5, 0.6) is 0 Å². The fraction of sp³-hybridized carbons (Fsp3) is 0.143. The fourth-order valence-corrected chi connectivity index (χ4v) is 2.44. The number of hydrogen-bond donors (Lipinski definition) is 2. The Bertz CT molecular complexity index is 969. The molecule has 22 heavy (non-hydrogen) atoms. The van der Waals surface area contributed by atoms with Gasteiger partial charge in [-0.3, -0.25) is 18.7 Å². The molecule has 0 aliphatic carbocycles. The van der Waals surface area contributed by atoms with E-state index in [0.29, 0.717) is 22.7 Å². The van der Waals surface area contributed by atoms with E-state index >= 15 is 0 Å². The number of aromatic nitrogens is 4. The van der Waals surface area contributed by atoms with Crippen molar-refractivity contribution in [3.8, 4) is 5.82 Å². The summed E-state index contributed by atoms with van der Waals surface area (Å²) in [6.07, 6.45) is 1.51. The van der Waals surface area contributed by atoms with E-state index in [4.69, 9.17) is 11.5 Å². The molecular formula is C14H14N6O2. The van der Waals surface area contributed by atoms with Crippen LogP contribution in [0.1, 0.15) is 16.2 Å². The molecule has 1 amide bonds. The second-order valence-corrected chi connectivity index (χ2v) is 4.90. The molecule has 0 bridgehead atoms. The first kappa shape index (κ1) is 13.8. The Labute approximate surface area is 125 Å². The Morgan fingerprint density at radius 3 is 2.73 bits per heavy atom. The molecule has 0 atom stereocenters. The van der Waals surface area contributed by atoms with Gasteiger partial charge in [0.25, 0.3) is 11.5 Å². The van der Waals surface area contributed by atoms with Gasteiger partial charge in [0.15, 0.2) is 5.65 Å². The first-order valence-corrected chi connectivity index (χ1v) is 6.51. The third-order valence-corrected chi connectivity index (χ3v) is 3.50. The molecule has 4 N–H and O–H groups in total. The van der Waals surface area contributed by atoms with Gasteiger partial charge in [-0.15, -0.1) is 0 Å². The zero-order valence-corrected chi connectivity index (χ0v) is 12.1. The van der Waals surface area contributed by atoms with E-state index in [-0.39, 0.29) is 16.9 Å². The lowest BCUT2D eigenvalue weighted by Crippen LogP contribution is -2.21. The summed E-state index contributed by atoms with van der Waals surface area (Å²) in [5, 5.41) is 0.451. The summed E-state index contributed by atoms with van der Waals surface area (Å²) >= 11 is 0. The van der Waals surface area contributed by atoms with Crippen molar-refractivity contribution in [3.05, 3.63) is 46.1 Å². The van der Waals surface area contributed by atoms with Crippen LogP contribution < -0.4 is 17.0 Å². The molecule has 0 aliphatic heterocycles. The predicted octanol–water partition coefficient (Wildman–Crippen LogP) is 0.109. The van der Waals surface area contributed by atoms with E-state index < -0.39 is 5.91 Å². The first-order chi connectivity index (χ1) is 10.4. The third kappa shape index (κ3) is 1.85. The standard InChI is InChI=1S/C14H14N6O2/c1-7-17-6-8-11(13(16)22)12(15)20(14(8)18-7)9-4-3-5-10(21)19(9)2/h3-6H,15H2,1-2H3,(H2,16,22). The number of carbonyl (C=O) groups excluding carboxylic acids is 1. The maximum absolute atomic E-state index is 11.9. The van der Waals surface area contributed by atoms with Crippen LogP contribution >= 0.6 is 0 Å². The Morgan fingerprint density at radius 1 is 1.32 bits per heavy atom. The van der Waals surface area contributed by atoms with Gasteiger partial charge in [-0.05, 0) is 13.0 Å². The SMILES string of the molecule is Cc1ncc2c(C(N)=O)c(N)n(-c3cccc(=O)n3C)c2n1. The molecule has 0 unspecified atom stereocenters. The van der Waals surface area contributed by atoms with E-state index in [9.17, 15) is 9.59 Å². The van der Waals surface area contributed by atoms with Crippen molar-refractivity contribution in [1.82, 2.24) is 19.1 Å². The van der Waals surface area contributed by atoms with Crippen molar-refractivity contribution in [3.63, 3.8) is 0 Å². The highest BCUT2D eigenvalue weighted by atomic mass is 16.1. The number of primary amides is 1. The number of anilines is 1. The average molecular weight is 298 g/mol. The van der Waals surface area contributed by atoms with Gasteiger partial charge in [-0.25, -0.2) is 9.97 Å². The van der Waals surface area contributed by atoms with Crippen LogP contribution in [0.15, 0.2) is 29.2 Å². The number of hydrogen-bond acceptors (Lipinski definition) is 5. The molecule has 8 heteroatoms. The van der Waals surface area contributed by atoms with Gasteiger partial charge < -0.3 is 11.5 Å². The summed E-state index contributed by atoms with van der Waals surface area (Å²) < 4.78 is 2.95. The Hall–Kier alpha value is -3.16. The summed E-state index contributed by atoms with van der Waals surface area (Å²) in [5.41, 5.74) is 11.9.